The Morgan fingerprint density at radius 2 is 2.28 bits per heavy atom. The molecule has 5 nitrogen and oxygen atoms in total. The Hall–Kier alpha value is -1.27. The smallest absolute Gasteiger partial charge is 0.161 e. The molecule has 1 fully saturated rings. The Bertz CT molecular complexity index is 566. The number of anilines is 1. The molecule has 3 rings (SSSR count). The maximum atomic E-state index is 6.12. The first-order valence-electron chi connectivity index (χ1n) is 5.68. The number of hydrogen-bond donors (Lipinski definition) is 1. The van der Waals surface area contributed by atoms with Crippen molar-refractivity contribution in [2.75, 3.05) is 5.73 Å². The predicted octanol–water partition coefficient (Wildman–Crippen LogP) is 2.54. The molecule has 0 saturated heterocycles. The van der Waals surface area contributed by atoms with E-state index in [1.165, 1.54) is 12.8 Å². The topological polar surface area (TPSA) is 69.6 Å². The van der Waals surface area contributed by atoms with E-state index in [1.54, 1.807) is 17.8 Å². The van der Waals surface area contributed by atoms with Crippen LogP contribution < -0.4 is 5.73 Å². The van der Waals surface area contributed by atoms with Crippen molar-refractivity contribution in [1.29, 1.82) is 0 Å². The second-order valence-electron chi connectivity index (χ2n) is 4.25. The maximum absolute atomic E-state index is 6.12. The minimum atomic E-state index is 0.493. The van der Waals surface area contributed by atoms with Crippen molar-refractivity contribution in [3.05, 3.63) is 29.0 Å². The first-order chi connectivity index (χ1) is 8.74. The van der Waals surface area contributed by atoms with E-state index in [0.717, 1.165) is 10.7 Å². The molecule has 1 heterocycles. The van der Waals surface area contributed by atoms with E-state index in [0.29, 0.717) is 22.5 Å². The van der Waals surface area contributed by atoms with Gasteiger partial charge >= 0.3 is 0 Å². The van der Waals surface area contributed by atoms with E-state index in [-0.39, 0.29) is 0 Å². The molecule has 0 aliphatic heterocycles. The van der Waals surface area contributed by atoms with Crippen LogP contribution in [0.5, 0.6) is 0 Å². The van der Waals surface area contributed by atoms with Gasteiger partial charge < -0.3 is 5.73 Å². The summed E-state index contributed by atoms with van der Waals surface area (Å²) < 4.78 is 1.91. The minimum Gasteiger partial charge on any atom is -0.399 e. The number of benzene rings is 1. The molecule has 2 N–H and O–H groups in total. The lowest BCUT2D eigenvalue weighted by Crippen LogP contribution is -2.02. The van der Waals surface area contributed by atoms with Gasteiger partial charge in [-0.15, -0.1) is 16.9 Å². The summed E-state index contributed by atoms with van der Waals surface area (Å²) in [5.41, 5.74) is 6.46. The molecule has 1 aliphatic carbocycles. The van der Waals surface area contributed by atoms with Crippen LogP contribution >= 0.6 is 23.4 Å². The number of aromatic nitrogens is 4. The van der Waals surface area contributed by atoms with Crippen molar-refractivity contribution in [2.45, 2.75) is 29.5 Å². The van der Waals surface area contributed by atoms with Crippen LogP contribution in [-0.4, -0.2) is 20.2 Å². The van der Waals surface area contributed by atoms with Crippen molar-refractivity contribution >= 4 is 29.1 Å². The molecule has 1 aromatic carbocycles. The monoisotopic (exact) mass is 281 g/mol. The van der Waals surface area contributed by atoms with Crippen molar-refractivity contribution in [3.63, 3.8) is 0 Å². The molecule has 1 saturated carbocycles. The Morgan fingerprint density at radius 1 is 1.44 bits per heavy atom. The normalized spacial score (nSPS) is 14.9. The highest BCUT2D eigenvalue weighted by Gasteiger charge is 2.27. The highest BCUT2D eigenvalue weighted by atomic mass is 35.5. The van der Waals surface area contributed by atoms with Crippen molar-refractivity contribution < 1.29 is 0 Å². The van der Waals surface area contributed by atoms with E-state index >= 15 is 0 Å². The van der Waals surface area contributed by atoms with Crippen molar-refractivity contribution in [2.24, 2.45) is 0 Å². The number of halogens is 1. The lowest BCUT2D eigenvalue weighted by atomic mass is 10.3. The summed E-state index contributed by atoms with van der Waals surface area (Å²) in [7, 11) is 0. The number of nitrogens with two attached hydrogens (primary N) is 1. The predicted molar refractivity (Wildman–Crippen MR) is 71.5 cm³/mol. The lowest BCUT2D eigenvalue weighted by Gasteiger charge is -2.05. The first kappa shape index (κ1) is 11.8. The van der Waals surface area contributed by atoms with Gasteiger partial charge in [-0.1, -0.05) is 11.6 Å². The summed E-state index contributed by atoms with van der Waals surface area (Å²) in [6.45, 7) is 0. The average molecular weight is 282 g/mol. The molecular weight excluding hydrogens is 270 g/mol. The number of hydrogen-bond acceptors (Lipinski definition) is 5. The van der Waals surface area contributed by atoms with Crippen LogP contribution in [0, 0.1) is 0 Å². The Kier molecular flexibility index (Phi) is 3.13. The van der Waals surface area contributed by atoms with E-state index in [1.807, 2.05) is 16.8 Å². The molecule has 94 valence electrons. The Balaban J connectivity index is 1.73. The highest BCUT2D eigenvalue weighted by Crippen LogP contribution is 2.36. The zero-order valence-electron chi connectivity index (χ0n) is 9.58. The van der Waals surface area contributed by atoms with Crippen LogP contribution in [0.2, 0.25) is 5.02 Å². The van der Waals surface area contributed by atoms with Crippen molar-refractivity contribution in [1.82, 2.24) is 20.2 Å². The second kappa shape index (κ2) is 4.78. The van der Waals surface area contributed by atoms with Crippen LogP contribution in [0.15, 0.2) is 23.1 Å². The molecule has 7 heteroatoms. The first-order valence-corrected chi connectivity index (χ1v) is 7.05. The lowest BCUT2D eigenvalue weighted by molar-refractivity contribution is 0.593. The zero-order chi connectivity index (χ0) is 12.5. The van der Waals surface area contributed by atoms with Gasteiger partial charge in [-0.2, -0.15) is 0 Å². The van der Waals surface area contributed by atoms with Crippen LogP contribution in [0.25, 0.3) is 0 Å². The average Bonchev–Trinajstić information content (AvgIpc) is 3.10. The molecule has 1 aromatic heterocycles. The van der Waals surface area contributed by atoms with Gasteiger partial charge in [0.15, 0.2) is 5.82 Å². The van der Waals surface area contributed by atoms with E-state index < -0.39 is 0 Å². The Labute approximate surface area is 114 Å². The quantitative estimate of drug-likeness (QED) is 0.689. The molecule has 2 aromatic rings. The summed E-state index contributed by atoms with van der Waals surface area (Å²) in [6, 6.07) is 5.97. The van der Waals surface area contributed by atoms with Gasteiger partial charge in [0.25, 0.3) is 0 Å². The Morgan fingerprint density at radius 3 is 3.06 bits per heavy atom. The second-order valence-corrected chi connectivity index (χ2v) is 5.67. The molecule has 0 amide bonds. The molecule has 18 heavy (non-hydrogen) atoms. The number of thioether (sulfide) groups is 1. The zero-order valence-corrected chi connectivity index (χ0v) is 11.2. The number of nitrogen functional groups attached to an aromatic ring is 1. The standard InChI is InChI=1S/C11H12ClN5S/c12-9-4-1-7(13)5-10(9)18-6-11-14-15-16-17(11)8-2-3-8/h1,4-5,8H,2-3,6,13H2. The number of tetrazole rings is 1. The van der Waals surface area contributed by atoms with Crippen LogP contribution in [0.1, 0.15) is 24.7 Å². The fourth-order valence-electron chi connectivity index (χ4n) is 1.68. The van der Waals surface area contributed by atoms with Gasteiger partial charge in [0.05, 0.1) is 16.8 Å². The minimum absolute atomic E-state index is 0.493. The van der Waals surface area contributed by atoms with Gasteiger partial charge in [-0.25, -0.2) is 4.68 Å². The molecule has 0 radical (unpaired) electrons. The van der Waals surface area contributed by atoms with Crippen molar-refractivity contribution in [3.8, 4) is 0 Å². The van der Waals surface area contributed by atoms with Gasteiger partial charge in [-0.05, 0) is 41.5 Å². The van der Waals surface area contributed by atoms with E-state index in [4.69, 9.17) is 17.3 Å². The van der Waals surface area contributed by atoms with Gasteiger partial charge in [-0.3, -0.25) is 0 Å². The maximum Gasteiger partial charge on any atom is 0.161 e. The van der Waals surface area contributed by atoms with E-state index in [9.17, 15) is 0 Å². The summed E-state index contributed by atoms with van der Waals surface area (Å²) in [6.07, 6.45) is 2.34. The van der Waals surface area contributed by atoms with Gasteiger partial charge in [0.2, 0.25) is 0 Å². The third-order valence-corrected chi connectivity index (χ3v) is 4.26. The molecule has 0 unspecified atom stereocenters. The molecule has 0 atom stereocenters. The summed E-state index contributed by atoms with van der Waals surface area (Å²) in [5, 5.41) is 12.5. The highest BCUT2D eigenvalue weighted by molar-refractivity contribution is 7.98. The molecule has 1 aliphatic rings. The molecular formula is C11H12ClN5S. The molecule has 0 spiro atoms. The largest absolute Gasteiger partial charge is 0.399 e. The number of nitrogens with zero attached hydrogens (tertiary/aromatic N) is 4. The van der Waals surface area contributed by atoms with Gasteiger partial charge in [0, 0.05) is 10.6 Å². The fourth-order valence-corrected chi connectivity index (χ4v) is 2.86. The third-order valence-electron chi connectivity index (χ3n) is 2.77. The summed E-state index contributed by atoms with van der Waals surface area (Å²) in [4.78, 5) is 0.960. The number of rotatable bonds is 4. The van der Waals surface area contributed by atoms with Crippen LogP contribution in [0.3, 0.4) is 0 Å². The molecule has 0 bridgehead atoms. The van der Waals surface area contributed by atoms with Crippen LogP contribution in [-0.2, 0) is 5.75 Å². The SMILES string of the molecule is Nc1ccc(Cl)c(SCc2nnnn2C2CC2)c1. The van der Waals surface area contributed by atoms with E-state index in [2.05, 4.69) is 15.5 Å². The van der Waals surface area contributed by atoms with Crippen LogP contribution in [0.4, 0.5) is 5.69 Å². The fraction of sp³-hybridized carbons (Fsp3) is 0.364. The van der Waals surface area contributed by atoms with Gasteiger partial charge in [0.1, 0.15) is 0 Å². The third kappa shape index (κ3) is 2.44. The summed E-state index contributed by atoms with van der Waals surface area (Å²) >= 11 is 7.72. The summed E-state index contributed by atoms with van der Waals surface area (Å²) in [5.74, 6) is 1.59.